The third-order valence-electron chi connectivity index (χ3n) is 2.67. The maximum atomic E-state index is 4.48. The molecule has 0 fully saturated rings. The second-order valence-corrected chi connectivity index (χ2v) is 4.49. The van der Waals surface area contributed by atoms with Gasteiger partial charge in [0.15, 0.2) is 0 Å². The first-order valence-corrected chi connectivity index (χ1v) is 5.91. The van der Waals surface area contributed by atoms with Crippen molar-refractivity contribution in [3.05, 3.63) is 75.3 Å². The summed E-state index contributed by atoms with van der Waals surface area (Å²) in [4.78, 5) is 0. The Hall–Kier alpha value is -1.54. The molecule has 3 rings (SSSR count). The van der Waals surface area contributed by atoms with Crippen LogP contribution in [-0.4, -0.2) is 0 Å². The number of rotatable bonds is 0. The molecule has 2 heteroatoms. The molecule has 0 spiro atoms. The number of fused-ring (bicyclic) bond motifs is 1. The molecule has 2 aliphatic rings. The molecule has 0 bridgehead atoms. The first kappa shape index (κ1) is 9.67. The van der Waals surface area contributed by atoms with Crippen molar-refractivity contribution in [2.45, 2.75) is 0 Å². The third kappa shape index (κ3) is 1.55. The maximum Gasteiger partial charge on any atom is -0.0124 e. The van der Waals surface area contributed by atoms with E-state index < -0.39 is 0 Å². The van der Waals surface area contributed by atoms with Gasteiger partial charge in [-0.2, -0.15) is 0 Å². The zero-order chi connectivity index (χ0) is 11.0. The molecule has 0 amide bonds. The number of benzene rings is 1. The minimum Gasteiger partial charge on any atom is -0.651 e. The Bertz CT molecular complexity index is 562. The number of hydrogen-bond acceptors (Lipinski definition) is 0. The molecule has 0 N–H and O–H groups in total. The smallest absolute Gasteiger partial charge is 0.0124 e. The fourth-order valence-electron chi connectivity index (χ4n) is 1.93. The average Bonchev–Trinajstić information content (AvgIpc) is 2.72. The van der Waals surface area contributed by atoms with Gasteiger partial charge in [0.2, 0.25) is 0 Å². The van der Waals surface area contributed by atoms with Gasteiger partial charge in [-0.1, -0.05) is 75.2 Å². The van der Waals surface area contributed by atoms with Crippen molar-refractivity contribution in [3.63, 3.8) is 0 Å². The molecular formula is C14H9BrN-. The van der Waals surface area contributed by atoms with Crippen molar-refractivity contribution in [3.8, 4) is 0 Å². The van der Waals surface area contributed by atoms with Crippen LogP contribution in [0.1, 0.15) is 11.1 Å². The van der Waals surface area contributed by atoms with Crippen LogP contribution in [0.25, 0.3) is 17.0 Å². The average molecular weight is 271 g/mol. The molecule has 16 heavy (non-hydrogen) atoms. The summed E-state index contributed by atoms with van der Waals surface area (Å²) in [6, 6.07) is 8.37. The highest BCUT2D eigenvalue weighted by Gasteiger charge is 2.09. The second-order valence-electron chi connectivity index (χ2n) is 3.68. The Morgan fingerprint density at radius 3 is 2.75 bits per heavy atom. The minimum absolute atomic E-state index is 0.871. The van der Waals surface area contributed by atoms with Gasteiger partial charge in [0.1, 0.15) is 0 Å². The lowest BCUT2D eigenvalue weighted by atomic mass is 10.0. The summed E-state index contributed by atoms with van der Waals surface area (Å²) < 4.78 is 0.871. The second kappa shape index (κ2) is 3.80. The number of hydrogen-bond donors (Lipinski definition) is 0. The number of halogens is 1. The zero-order valence-corrected chi connectivity index (χ0v) is 10.1. The van der Waals surface area contributed by atoms with E-state index in [4.69, 9.17) is 0 Å². The van der Waals surface area contributed by atoms with Gasteiger partial charge >= 0.3 is 0 Å². The Balaban J connectivity index is 2.11. The van der Waals surface area contributed by atoms with Crippen LogP contribution in [0.2, 0.25) is 0 Å². The van der Waals surface area contributed by atoms with Gasteiger partial charge in [-0.15, -0.1) is 5.70 Å². The minimum atomic E-state index is 0.871. The summed E-state index contributed by atoms with van der Waals surface area (Å²) in [6.45, 7) is 0. The fraction of sp³-hybridized carbons (Fsp3) is 0. The van der Waals surface area contributed by atoms with Crippen molar-refractivity contribution in [1.29, 1.82) is 0 Å². The predicted octanol–water partition coefficient (Wildman–Crippen LogP) is 4.60. The summed E-state index contributed by atoms with van der Waals surface area (Å²) in [7, 11) is 0. The Kier molecular flexibility index (Phi) is 2.29. The van der Waals surface area contributed by atoms with Gasteiger partial charge in [-0.05, 0) is 16.7 Å². The molecule has 78 valence electrons. The van der Waals surface area contributed by atoms with E-state index in [1.54, 1.807) is 0 Å². The van der Waals surface area contributed by atoms with E-state index in [1.807, 2.05) is 18.2 Å². The molecule has 1 aliphatic heterocycles. The van der Waals surface area contributed by atoms with Gasteiger partial charge in [-0.3, -0.25) is 0 Å². The number of nitrogens with zero attached hydrogens (tertiary/aromatic N) is 1. The molecule has 0 unspecified atom stereocenters. The first-order chi connectivity index (χ1) is 7.84. The molecule has 0 radical (unpaired) electrons. The fourth-order valence-corrected chi connectivity index (χ4v) is 2.28. The lowest BCUT2D eigenvalue weighted by Crippen LogP contribution is -1.88. The number of allylic oxidation sites excluding steroid dienone is 5. The quantitative estimate of drug-likeness (QED) is 0.612. The molecular weight excluding hydrogens is 262 g/mol. The predicted molar refractivity (Wildman–Crippen MR) is 71.9 cm³/mol. The van der Waals surface area contributed by atoms with E-state index >= 15 is 0 Å². The van der Waals surface area contributed by atoms with Gasteiger partial charge in [0.25, 0.3) is 0 Å². The van der Waals surface area contributed by atoms with E-state index in [0.717, 1.165) is 10.3 Å². The summed E-state index contributed by atoms with van der Waals surface area (Å²) in [5, 5.41) is 4.48. The molecule has 1 aromatic carbocycles. The molecule has 0 saturated carbocycles. The highest BCUT2D eigenvalue weighted by Crippen LogP contribution is 2.37. The van der Waals surface area contributed by atoms with E-state index in [-0.39, 0.29) is 0 Å². The maximum absolute atomic E-state index is 4.48. The van der Waals surface area contributed by atoms with Gasteiger partial charge in [-0.25, -0.2) is 0 Å². The van der Waals surface area contributed by atoms with Crippen LogP contribution >= 0.6 is 15.9 Å². The highest BCUT2D eigenvalue weighted by molar-refractivity contribution is 9.11. The van der Waals surface area contributed by atoms with Gasteiger partial charge in [0.05, 0.1) is 0 Å². The third-order valence-corrected chi connectivity index (χ3v) is 3.11. The summed E-state index contributed by atoms with van der Waals surface area (Å²) in [5.41, 5.74) is 4.72. The highest BCUT2D eigenvalue weighted by atomic mass is 79.9. The molecule has 0 saturated heterocycles. The van der Waals surface area contributed by atoms with Crippen LogP contribution in [0.5, 0.6) is 0 Å². The normalized spacial score (nSPS) is 21.7. The molecule has 1 heterocycles. The van der Waals surface area contributed by atoms with Crippen LogP contribution in [-0.2, 0) is 0 Å². The van der Waals surface area contributed by atoms with Crippen molar-refractivity contribution in [2.75, 3.05) is 0 Å². The van der Waals surface area contributed by atoms with E-state index in [9.17, 15) is 0 Å². The molecule has 1 aromatic rings. The zero-order valence-electron chi connectivity index (χ0n) is 8.52. The van der Waals surface area contributed by atoms with Crippen LogP contribution in [0.15, 0.2) is 58.9 Å². The van der Waals surface area contributed by atoms with E-state index in [0.29, 0.717) is 0 Å². The van der Waals surface area contributed by atoms with Crippen LogP contribution in [0.4, 0.5) is 0 Å². The van der Waals surface area contributed by atoms with Gasteiger partial charge in [0, 0.05) is 0 Å². The Morgan fingerprint density at radius 2 is 1.88 bits per heavy atom. The lowest BCUT2D eigenvalue weighted by molar-refractivity contribution is 1.52. The monoisotopic (exact) mass is 270 g/mol. The topological polar surface area (TPSA) is 14.1 Å². The SMILES string of the molecule is BrC1=CC=CC(=C2C=Cc3ccccc32)[N-]1. The Labute approximate surface area is 103 Å². The molecule has 1 aliphatic carbocycles. The standard InChI is InChI=1S/C14H9BrN/c15-14-7-3-6-13(16-14)12-9-8-10-4-1-2-5-11(10)12/h1-9H/q-1. The largest absolute Gasteiger partial charge is 0.651 e. The molecule has 1 nitrogen and oxygen atoms in total. The van der Waals surface area contributed by atoms with Crippen molar-refractivity contribution >= 4 is 27.6 Å². The Morgan fingerprint density at radius 1 is 1.00 bits per heavy atom. The summed E-state index contributed by atoms with van der Waals surface area (Å²) >= 11 is 3.40. The van der Waals surface area contributed by atoms with Crippen molar-refractivity contribution in [1.82, 2.24) is 0 Å². The molecule has 0 atom stereocenters. The van der Waals surface area contributed by atoms with E-state index in [1.165, 1.54) is 16.7 Å². The van der Waals surface area contributed by atoms with Gasteiger partial charge < -0.3 is 5.32 Å². The van der Waals surface area contributed by atoms with E-state index in [2.05, 4.69) is 57.7 Å². The lowest BCUT2D eigenvalue weighted by Gasteiger charge is -2.27. The molecule has 0 aromatic heterocycles. The van der Waals surface area contributed by atoms with Crippen molar-refractivity contribution < 1.29 is 0 Å². The van der Waals surface area contributed by atoms with Crippen LogP contribution in [0, 0.1) is 0 Å². The van der Waals surface area contributed by atoms with Crippen molar-refractivity contribution in [2.24, 2.45) is 0 Å². The summed E-state index contributed by atoms with van der Waals surface area (Å²) in [6.07, 6.45) is 10.2. The van der Waals surface area contributed by atoms with Crippen LogP contribution in [0.3, 0.4) is 0 Å². The van der Waals surface area contributed by atoms with Crippen LogP contribution < -0.4 is 0 Å². The summed E-state index contributed by atoms with van der Waals surface area (Å²) in [5.74, 6) is 0. The first-order valence-electron chi connectivity index (χ1n) is 5.12.